The SMILES string of the molecule is CC1CN2CCCC2CN1C(=O)c1cc(N)ccn1. The fourth-order valence-corrected chi connectivity index (χ4v) is 3.18. The Labute approximate surface area is 113 Å². The molecule has 0 aliphatic carbocycles. The van der Waals surface area contributed by atoms with Gasteiger partial charge in [-0.1, -0.05) is 0 Å². The predicted octanol–water partition coefficient (Wildman–Crippen LogP) is 0.972. The molecule has 0 saturated carbocycles. The van der Waals surface area contributed by atoms with Gasteiger partial charge >= 0.3 is 0 Å². The van der Waals surface area contributed by atoms with E-state index in [1.807, 2.05) is 4.90 Å². The van der Waals surface area contributed by atoms with E-state index in [1.54, 1.807) is 18.3 Å². The molecule has 5 heteroatoms. The largest absolute Gasteiger partial charge is 0.399 e. The van der Waals surface area contributed by atoms with Crippen molar-refractivity contribution in [2.24, 2.45) is 0 Å². The number of piperazine rings is 1. The normalized spacial score (nSPS) is 27.3. The van der Waals surface area contributed by atoms with E-state index in [0.29, 0.717) is 17.4 Å². The molecule has 5 nitrogen and oxygen atoms in total. The van der Waals surface area contributed by atoms with Crippen LogP contribution in [0.15, 0.2) is 18.3 Å². The van der Waals surface area contributed by atoms with Crippen LogP contribution < -0.4 is 5.73 Å². The minimum absolute atomic E-state index is 0.00588. The first-order valence-electron chi connectivity index (χ1n) is 6.91. The molecule has 1 aromatic rings. The Morgan fingerprint density at radius 3 is 3.11 bits per heavy atom. The molecule has 3 rings (SSSR count). The van der Waals surface area contributed by atoms with Crippen LogP contribution >= 0.6 is 0 Å². The van der Waals surface area contributed by atoms with Gasteiger partial charge in [-0.2, -0.15) is 0 Å². The number of nitrogens with two attached hydrogens (primary N) is 1. The van der Waals surface area contributed by atoms with Gasteiger partial charge in [-0.25, -0.2) is 0 Å². The number of carbonyl (C=O) groups excluding carboxylic acids is 1. The van der Waals surface area contributed by atoms with Crippen molar-refractivity contribution in [1.82, 2.24) is 14.8 Å². The number of nitrogen functional groups attached to an aromatic ring is 1. The molecule has 0 spiro atoms. The van der Waals surface area contributed by atoms with Gasteiger partial charge in [-0.3, -0.25) is 14.7 Å². The van der Waals surface area contributed by atoms with E-state index < -0.39 is 0 Å². The second-order valence-electron chi connectivity index (χ2n) is 5.57. The summed E-state index contributed by atoms with van der Waals surface area (Å²) in [4.78, 5) is 21.1. The lowest BCUT2D eigenvalue weighted by atomic mass is 10.1. The molecule has 0 bridgehead atoms. The summed E-state index contributed by atoms with van der Waals surface area (Å²) in [5.74, 6) is 0.00588. The van der Waals surface area contributed by atoms with E-state index in [9.17, 15) is 4.79 Å². The highest BCUT2D eigenvalue weighted by Crippen LogP contribution is 2.25. The summed E-state index contributed by atoms with van der Waals surface area (Å²) >= 11 is 0. The molecule has 1 amide bonds. The van der Waals surface area contributed by atoms with E-state index in [-0.39, 0.29) is 11.9 Å². The van der Waals surface area contributed by atoms with E-state index in [2.05, 4.69) is 16.8 Å². The summed E-state index contributed by atoms with van der Waals surface area (Å²) < 4.78 is 0. The Balaban J connectivity index is 1.79. The number of hydrogen-bond donors (Lipinski definition) is 1. The second-order valence-corrected chi connectivity index (χ2v) is 5.57. The number of fused-ring (bicyclic) bond motifs is 1. The van der Waals surface area contributed by atoms with Crippen LogP contribution in [0.5, 0.6) is 0 Å². The van der Waals surface area contributed by atoms with Crippen LogP contribution in [0.25, 0.3) is 0 Å². The van der Waals surface area contributed by atoms with E-state index in [1.165, 1.54) is 19.4 Å². The van der Waals surface area contributed by atoms with Gasteiger partial charge in [0.2, 0.25) is 0 Å². The number of nitrogens with zero attached hydrogens (tertiary/aromatic N) is 3. The van der Waals surface area contributed by atoms with Gasteiger partial charge in [0.15, 0.2) is 0 Å². The number of amides is 1. The molecule has 1 aromatic heterocycles. The first-order valence-corrected chi connectivity index (χ1v) is 6.91. The molecule has 2 aliphatic rings. The van der Waals surface area contributed by atoms with Crippen LogP contribution in [-0.2, 0) is 0 Å². The van der Waals surface area contributed by atoms with Crippen LogP contribution in [0.2, 0.25) is 0 Å². The minimum atomic E-state index is 0.00588. The van der Waals surface area contributed by atoms with Gasteiger partial charge < -0.3 is 10.6 Å². The molecule has 2 saturated heterocycles. The van der Waals surface area contributed by atoms with E-state index in [0.717, 1.165) is 13.1 Å². The summed E-state index contributed by atoms with van der Waals surface area (Å²) in [6, 6.07) is 4.14. The Morgan fingerprint density at radius 1 is 1.47 bits per heavy atom. The zero-order valence-corrected chi connectivity index (χ0v) is 11.2. The summed E-state index contributed by atoms with van der Waals surface area (Å²) in [6.45, 7) is 5.07. The Morgan fingerprint density at radius 2 is 2.32 bits per heavy atom. The number of pyridine rings is 1. The minimum Gasteiger partial charge on any atom is -0.399 e. The van der Waals surface area contributed by atoms with E-state index in [4.69, 9.17) is 5.73 Å². The average molecular weight is 260 g/mol. The Bertz CT molecular complexity index is 490. The maximum Gasteiger partial charge on any atom is 0.272 e. The van der Waals surface area contributed by atoms with Crippen molar-refractivity contribution in [3.63, 3.8) is 0 Å². The summed E-state index contributed by atoms with van der Waals surface area (Å²) in [6.07, 6.45) is 4.04. The van der Waals surface area contributed by atoms with Crippen molar-refractivity contribution in [3.05, 3.63) is 24.0 Å². The number of carbonyl (C=O) groups is 1. The highest BCUT2D eigenvalue weighted by atomic mass is 16.2. The fourth-order valence-electron chi connectivity index (χ4n) is 3.18. The molecular formula is C14H20N4O. The number of hydrogen-bond acceptors (Lipinski definition) is 4. The maximum atomic E-state index is 12.5. The van der Waals surface area contributed by atoms with Crippen LogP contribution in [-0.4, -0.2) is 52.4 Å². The third kappa shape index (κ3) is 2.30. The molecular weight excluding hydrogens is 240 g/mol. The molecule has 2 atom stereocenters. The Kier molecular flexibility index (Phi) is 3.14. The fraction of sp³-hybridized carbons (Fsp3) is 0.571. The topological polar surface area (TPSA) is 62.5 Å². The molecule has 2 N–H and O–H groups in total. The lowest BCUT2D eigenvalue weighted by Gasteiger charge is -2.42. The van der Waals surface area contributed by atoms with Crippen LogP contribution in [0.4, 0.5) is 5.69 Å². The molecule has 2 unspecified atom stereocenters. The van der Waals surface area contributed by atoms with Crippen molar-refractivity contribution in [2.45, 2.75) is 31.8 Å². The second kappa shape index (κ2) is 4.81. The monoisotopic (exact) mass is 260 g/mol. The lowest BCUT2D eigenvalue weighted by molar-refractivity contribution is 0.0390. The van der Waals surface area contributed by atoms with Crippen LogP contribution in [0, 0.1) is 0 Å². The molecule has 0 radical (unpaired) electrons. The number of anilines is 1. The number of aromatic nitrogens is 1. The summed E-state index contributed by atoms with van der Waals surface area (Å²) in [5, 5.41) is 0. The van der Waals surface area contributed by atoms with Crippen molar-refractivity contribution < 1.29 is 4.79 Å². The van der Waals surface area contributed by atoms with Gasteiger partial charge in [0.05, 0.1) is 0 Å². The van der Waals surface area contributed by atoms with E-state index >= 15 is 0 Å². The maximum absolute atomic E-state index is 12.5. The third-order valence-electron chi connectivity index (χ3n) is 4.20. The molecule has 2 fully saturated rings. The summed E-state index contributed by atoms with van der Waals surface area (Å²) in [7, 11) is 0. The van der Waals surface area contributed by atoms with Crippen molar-refractivity contribution in [1.29, 1.82) is 0 Å². The summed E-state index contributed by atoms with van der Waals surface area (Å²) in [5.41, 5.74) is 6.77. The highest BCUT2D eigenvalue weighted by molar-refractivity contribution is 5.93. The molecule has 102 valence electrons. The van der Waals surface area contributed by atoms with Gasteiger partial charge in [0.1, 0.15) is 5.69 Å². The predicted molar refractivity (Wildman–Crippen MR) is 73.7 cm³/mol. The third-order valence-corrected chi connectivity index (χ3v) is 4.20. The molecule has 3 heterocycles. The van der Waals surface area contributed by atoms with Crippen LogP contribution in [0.1, 0.15) is 30.3 Å². The zero-order valence-electron chi connectivity index (χ0n) is 11.2. The standard InChI is InChI=1S/C14H20N4O/c1-10-8-17-6-2-3-12(17)9-18(10)14(19)13-7-11(15)4-5-16-13/h4-5,7,10,12H,2-3,6,8-9H2,1H3,(H2,15,16). The van der Waals surface area contributed by atoms with Crippen molar-refractivity contribution in [3.8, 4) is 0 Å². The molecule has 0 aromatic carbocycles. The zero-order chi connectivity index (χ0) is 13.4. The molecule has 2 aliphatic heterocycles. The van der Waals surface area contributed by atoms with Crippen molar-refractivity contribution >= 4 is 11.6 Å². The molecule has 19 heavy (non-hydrogen) atoms. The van der Waals surface area contributed by atoms with Crippen LogP contribution in [0.3, 0.4) is 0 Å². The van der Waals surface area contributed by atoms with Gasteiger partial charge in [-0.05, 0) is 38.4 Å². The van der Waals surface area contributed by atoms with Gasteiger partial charge in [-0.15, -0.1) is 0 Å². The smallest absolute Gasteiger partial charge is 0.272 e. The number of rotatable bonds is 1. The first-order chi connectivity index (χ1) is 9.15. The first kappa shape index (κ1) is 12.4. The highest BCUT2D eigenvalue weighted by Gasteiger charge is 2.36. The Hall–Kier alpha value is -1.62. The van der Waals surface area contributed by atoms with Gasteiger partial charge in [0, 0.05) is 37.1 Å². The van der Waals surface area contributed by atoms with Crippen molar-refractivity contribution in [2.75, 3.05) is 25.4 Å². The average Bonchev–Trinajstić information content (AvgIpc) is 2.84. The lowest BCUT2D eigenvalue weighted by Crippen LogP contribution is -2.56. The van der Waals surface area contributed by atoms with Gasteiger partial charge in [0.25, 0.3) is 5.91 Å². The quantitative estimate of drug-likeness (QED) is 0.817.